The van der Waals surface area contributed by atoms with Gasteiger partial charge in [-0.25, -0.2) is 0 Å². The summed E-state index contributed by atoms with van der Waals surface area (Å²) in [7, 11) is -4.81. The molecule has 122 valence electrons. The van der Waals surface area contributed by atoms with Gasteiger partial charge in [0.2, 0.25) is 11.2 Å². The average molecular weight is 328 g/mol. The van der Waals surface area contributed by atoms with Crippen molar-refractivity contribution >= 4 is 15.9 Å². The Morgan fingerprint density at radius 3 is 2.32 bits per heavy atom. The first kappa shape index (κ1) is 16.9. The van der Waals surface area contributed by atoms with Gasteiger partial charge in [-0.05, 0) is 43.0 Å². The lowest BCUT2D eigenvalue weighted by Crippen LogP contribution is -2.29. The van der Waals surface area contributed by atoms with Gasteiger partial charge >= 0.3 is 0 Å². The molecule has 1 aliphatic carbocycles. The number of carbonyl (C=O) groups is 1. The SMILES string of the molecule is O=C(c1ccc(OCC2CCCCC2)cc1)C(O)S(=O)(=O)O. The molecule has 2 rings (SSSR count). The van der Waals surface area contributed by atoms with Gasteiger partial charge < -0.3 is 9.84 Å². The van der Waals surface area contributed by atoms with Gasteiger partial charge in [0.1, 0.15) is 5.75 Å². The van der Waals surface area contributed by atoms with E-state index in [1.54, 1.807) is 12.1 Å². The van der Waals surface area contributed by atoms with Crippen LogP contribution in [0.15, 0.2) is 24.3 Å². The van der Waals surface area contributed by atoms with Crippen LogP contribution in [0.2, 0.25) is 0 Å². The van der Waals surface area contributed by atoms with Gasteiger partial charge in [0.25, 0.3) is 10.1 Å². The molecule has 0 heterocycles. The zero-order chi connectivity index (χ0) is 16.2. The van der Waals surface area contributed by atoms with Gasteiger partial charge in [0.15, 0.2) is 0 Å². The summed E-state index contributed by atoms with van der Waals surface area (Å²) in [4.78, 5) is 11.7. The molecule has 22 heavy (non-hydrogen) atoms. The lowest BCUT2D eigenvalue weighted by molar-refractivity contribution is 0.0848. The maximum atomic E-state index is 11.7. The second-order valence-electron chi connectivity index (χ2n) is 5.57. The fourth-order valence-corrected chi connectivity index (χ4v) is 2.97. The third-order valence-corrected chi connectivity index (χ3v) is 4.63. The third kappa shape index (κ3) is 4.53. The standard InChI is InChI=1S/C15H20O6S/c16-14(15(17)22(18,19)20)12-6-8-13(9-7-12)21-10-11-4-2-1-3-5-11/h6-9,11,15,17H,1-5,10H2,(H,18,19,20). The number of aliphatic hydroxyl groups excluding tert-OH is 1. The number of ketones is 1. The molecule has 1 aromatic carbocycles. The average Bonchev–Trinajstić information content (AvgIpc) is 2.52. The first-order valence-electron chi connectivity index (χ1n) is 7.29. The van der Waals surface area contributed by atoms with Crippen LogP contribution in [0.25, 0.3) is 0 Å². The van der Waals surface area contributed by atoms with Crippen LogP contribution in [0.3, 0.4) is 0 Å². The van der Waals surface area contributed by atoms with Crippen LogP contribution in [0.4, 0.5) is 0 Å². The molecule has 7 heteroatoms. The molecule has 0 spiro atoms. The third-order valence-electron chi connectivity index (χ3n) is 3.86. The molecule has 0 bridgehead atoms. The van der Waals surface area contributed by atoms with Crippen molar-refractivity contribution in [2.75, 3.05) is 6.61 Å². The first-order chi connectivity index (χ1) is 10.4. The molecule has 1 aromatic rings. The number of Topliss-reactive ketones (excluding diaryl/α,β-unsaturated/α-hetero) is 1. The van der Waals surface area contributed by atoms with Crippen molar-refractivity contribution in [3.05, 3.63) is 29.8 Å². The minimum absolute atomic E-state index is 0.00450. The normalized spacial score (nSPS) is 17.9. The highest BCUT2D eigenvalue weighted by atomic mass is 32.2. The Hall–Kier alpha value is -1.44. The lowest BCUT2D eigenvalue weighted by atomic mass is 9.90. The van der Waals surface area contributed by atoms with Crippen LogP contribution in [0.5, 0.6) is 5.75 Å². The van der Waals surface area contributed by atoms with Crippen molar-refractivity contribution in [1.82, 2.24) is 0 Å². The second kappa shape index (κ2) is 7.21. The molecule has 1 saturated carbocycles. The van der Waals surface area contributed by atoms with Gasteiger partial charge in [-0.2, -0.15) is 8.42 Å². The van der Waals surface area contributed by atoms with Crippen molar-refractivity contribution in [1.29, 1.82) is 0 Å². The molecular weight excluding hydrogens is 308 g/mol. The number of aliphatic hydroxyl groups is 1. The quantitative estimate of drug-likeness (QED) is 0.612. The predicted octanol–water partition coefficient (Wildman–Crippen LogP) is 2.03. The van der Waals surface area contributed by atoms with E-state index in [1.165, 1.54) is 31.4 Å². The Bertz CT molecular complexity index is 601. The predicted molar refractivity (Wildman–Crippen MR) is 80.4 cm³/mol. The van der Waals surface area contributed by atoms with Crippen molar-refractivity contribution in [3.8, 4) is 5.75 Å². The van der Waals surface area contributed by atoms with E-state index >= 15 is 0 Å². The Morgan fingerprint density at radius 2 is 1.77 bits per heavy atom. The molecule has 2 N–H and O–H groups in total. The van der Waals surface area contributed by atoms with E-state index in [4.69, 9.17) is 9.29 Å². The zero-order valence-electron chi connectivity index (χ0n) is 12.1. The fourth-order valence-electron chi connectivity index (χ4n) is 2.56. The summed E-state index contributed by atoms with van der Waals surface area (Å²) in [6, 6.07) is 5.83. The van der Waals surface area contributed by atoms with E-state index in [9.17, 15) is 18.3 Å². The lowest BCUT2D eigenvalue weighted by Gasteiger charge is -2.21. The Morgan fingerprint density at radius 1 is 1.18 bits per heavy atom. The van der Waals surface area contributed by atoms with Crippen molar-refractivity contribution in [3.63, 3.8) is 0 Å². The maximum Gasteiger partial charge on any atom is 0.299 e. The van der Waals surface area contributed by atoms with E-state index < -0.39 is 21.3 Å². The fraction of sp³-hybridized carbons (Fsp3) is 0.533. The molecule has 0 aliphatic heterocycles. The molecule has 0 radical (unpaired) electrons. The summed E-state index contributed by atoms with van der Waals surface area (Å²) in [5.41, 5.74) is -2.46. The summed E-state index contributed by atoms with van der Waals surface area (Å²) in [5, 5.41) is 9.23. The molecule has 1 unspecified atom stereocenters. The van der Waals surface area contributed by atoms with Crippen molar-refractivity contribution in [2.45, 2.75) is 37.5 Å². The number of benzene rings is 1. The Kier molecular flexibility index (Phi) is 5.55. The van der Waals surface area contributed by atoms with Crippen LogP contribution in [0, 0.1) is 5.92 Å². The minimum Gasteiger partial charge on any atom is -0.493 e. The van der Waals surface area contributed by atoms with Crippen LogP contribution < -0.4 is 4.74 Å². The van der Waals surface area contributed by atoms with E-state index in [-0.39, 0.29) is 5.56 Å². The number of rotatable bonds is 6. The number of hydrogen-bond acceptors (Lipinski definition) is 5. The minimum atomic E-state index is -4.81. The molecule has 1 fully saturated rings. The van der Waals surface area contributed by atoms with Crippen LogP contribution in [-0.4, -0.2) is 35.9 Å². The Labute approximate surface area is 129 Å². The van der Waals surface area contributed by atoms with Crippen LogP contribution in [-0.2, 0) is 10.1 Å². The highest BCUT2D eigenvalue weighted by Crippen LogP contribution is 2.24. The molecular formula is C15H20O6S. The van der Waals surface area contributed by atoms with Crippen molar-refractivity contribution in [2.24, 2.45) is 5.92 Å². The molecule has 1 atom stereocenters. The Balaban J connectivity index is 1.93. The molecule has 0 saturated heterocycles. The van der Waals surface area contributed by atoms with E-state index in [2.05, 4.69) is 0 Å². The summed E-state index contributed by atoms with van der Waals surface area (Å²) in [6.45, 7) is 0.626. The number of hydrogen-bond donors (Lipinski definition) is 2. The van der Waals surface area contributed by atoms with Crippen LogP contribution in [0.1, 0.15) is 42.5 Å². The summed E-state index contributed by atoms with van der Waals surface area (Å²) < 4.78 is 35.8. The first-order valence-corrected chi connectivity index (χ1v) is 8.79. The van der Waals surface area contributed by atoms with Gasteiger partial charge in [-0.15, -0.1) is 0 Å². The van der Waals surface area contributed by atoms with E-state index in [0.717, 1.165) is 12.8 Å². The summed E-state index contributed by atoms with van der Waals surface area (Å²) >= 11 is 0. The summed E-state index contributed by atoms with van der Waals surface area (Å²) in [6.07, 6.45) is 6.07. The highest BCUT2D eigenvalue weighted by Gasteiger charge is 2.29. The van der Waals surface area contributed by atoms with E-state index in [0.29, 0.717) is 18.3 Å². The topological polar surface area (TPSA) is 101 Å². The number of carbonyl (C=O) groups excluding carboxylic acids is 1. The van der Waals surface area contributed by atoms with Gasteiger partial charge in [-0.1, -0.05) is 19.3 Å². The van der Waals surface area contributed by atoms with Gasteiger partial charge in [-0.3, -0.25) is 9.35 Å². The van der Waals surface area contributed by atoms with Gasteiger partial charge in [0.05, 0.1) is 6.61 Å². The van der Waals surface area contributed by atoms with E-state index in [1.807, 2.05) is 0 Å². The smallest absolute Gasteiger partial charge is 0.299 e. The second-order valence-corrected chi connectivity index (χ2v) is 7.05. The summed E-state index contributed by atoms with van der Waals surface area (Å²) in [5.74, 6) is 0.0706. The van der Waals surface area contributed by atoms with Crippen molar-refractivity contribution < 1.29 is 27.6 Å². The van der Waals surface area contributed by atoms with Gasteiger partial charge in [0, 0.05) is 5.56 Å². The zero-order valence-corrected chi connectivity index (χ0v) is 13.0. The molecule has 0 aromatic heterocycles. The molecule has 0 amide bonds. The highest BCUT2D eigenvalue weighted by molar-refractivity contribution is 7.87. The van der Waals surface area contributed by atoms with Crippen LogP contribution >= 0.6 is 0 Å². The molecule has 6 nitrogen and oxygen atoms in total. The maximum absolute atomic E-state index is 11.7. The monoisotopic (exact) mass is 328 g/mol. The largest absolute Gasteiger partial charge is 0.493 e. The number of ether oxygens (including phenoxy) is 1. The molecule has 1 aliphatic rings.